The smallest absolute Gasteiger partial charge is 0.0989 e. The predicted molar refractivity (Wildman–Crippen MR) is 33.4 cm³/mol. The van der Waals surface area contributed by atoms with Crippen molar-refractivity contribution >= 4 is 6.20 Å². The Bertz CT molecular complexity index is 188. The Morgan fingerprint density at radius 2 is 2.62 bits per heavy atom. The second kappa shape index (κ2) is 1.82. The molecule has 1 aromatic rings. The van der Waals surface area contributed by atoms with Gasteiger partial charge in [-0.25, -0.2) is 4.98 Å². The highest BCUT2D eigenvalue weighted by Gasteiger charge is 1.83. The molecule has 1 aromatic heterocycles. The van der Waals surface area contributed by atoms with E-state index in [0.29, 0.717) is 0 Å². The van der Waals surface area contributed by atoms with Crippen molar-refractivity contribution in [2.24, 2.45) is 0 Å². The number of nitrogens with zero attached hydrogens (tertiary/aromatic N) is 2. The molecule has 0 atom stereocenters. The molecular weight excluding hydrogens is 100 g/mol. The predicted octanol–water partition coefficient (Wildman–Crippen LogP) is 1.29. The van der Waals surface area contributed by atoms with Crippen molar-refractivity contribution in [2.75, 3.05) is 0 Å². The first-order valence-electron chi connectivity index (χ1n) is 2.45. The van der Waals surface area contributed by atoms with Gasteiger partial charge < -0.3 is 4.57 Å². The summed E-state index contributed by atoms with van der Waals surface area (Å²) in [6.45, 7) is 5.51. The van der Waals surface area contributed by atoms with Gasteiger partial charge >= 0.3 is 0 Å². The first kappa shape index (κ1) is 5.09. The van der Waals surface area contributed by atoms with Gasteiger partial charge in [0, 0.05) is 12.4 Å². The zero-order chi connectivity index (χ0) is 5.98. The van der Waals surface area contributed by atoms with Gasteiger partial charge in [-0.1, -0.05) is 6.58 Å². The molecule has 0 unspecified atom stereocenters. The van der Waals surface area contributed by atoms with Crippen LogP contribution in [-0.4, -0.2) is 9.55 Å². The number of hydrogen-bond donors (Lipinski definition) is 0. The molecule has 0 aliphatic rings. The highest BCUT2D eigenvalue weighted by atomic mass is 15.0. The van der Waals surface area contributed by atoms with Crippen LogP contribution < -0.4 is 0 Å². The van der Waals surface area contributed by atoms with Gasteiger partial charge in [-0.3, -0.25) is 0 Å². The molecular formula is C6H8N2. The summed E-state index contributed by atoms with van der Waals surface area (Å²) in [6.07, 6.45) is 5.34. The fraction of sp³-hybridized carbons (Fsp3) is 0.167. The van der Waals surface area contributed by atoms with Crippen molar-refractivity contribution in [3.05, 3.63) is 24.8 Å². The number of aryl methyl sites for hydroxylation is 1. The van der Waals surface area contributed by atoms with E-state index >= 15 is 0 Å². The summed E-state index contributed by atoms with van der Waals surface area (Å²) in [7, 11) is 0. The summed E-state index contributed by atoms with van der Waals surface area (Å²) < 4.78 is 1.81. The highest BCUT2D eigenvalue weighted by molar-refractivity contribution is 5.16. The molecule has 0 radical (unpaired) electrons. The van der Waals surface area contributed by atoms with E-state index < -0.39 is 0 Å². The van der Waals surface area contributed by atoms with Crippen LogP contribution in [0.3, 0.4) is 0 Å². The van der Waals surface area contributed by atoms with Gasteiger partial charge in [-0.2, -0.15) is 0 Å². The van der Waals surface area contributed by atoms with Gasteiger partial charge in [0.05, 0.1) is 12.0 Å². The molecule has 2 heteroatoms. The first-order valence-corrected chi connectivity index (χ1v) is 2.45. The maximum Gasteiger partial charge on any atom is 0.0989 e. The number of rotatable bonds is 1. The Balaban J connectivity index is 3.00. The van der Waals surface area contributed by atoms with Crippen molar-refractivity contribution < 1.29 is 0 Å². The van der Waals surface area contributed by atoms with Gasteiger partial charge in [-0.05, 0) is 6.92 Å². The molecule has 0 N–H and O–H groups in total. The van der Waals surface area contributed by atoms with Crippen LogP contribution in [-0.2, 0) is 0 Å². The van der Waals surface area contributed by atoms with Gasteiger partial charge in [-0.15, -0.1) is 0 Å². The first-order chi connectivity index (χ1) is 3.83. The second-order valence-electron chi connectivity index (χ2n) is 1.64. The fourth-order valence-electron chi connectivity index (χ4n) is 0.540. The average molecular weight is 108 g/mol. The van der Waals surface area contributed by atoms with Crippen molar-refractivity contribution in [2.45, 2.75) is 6.92 Å². The summed E-state index contributed by atoms with van der Waals surface area (Å²) in [6, 6.07) is 0. The SMILES string of the molecule is C=Cn1cnc(C)c1. The lowest BCUT2D eigenvalue weighted by molar-refractivity contribution is 1.14. The van der Waals surface area contributed by atoms with Gasteiger partial charge in [0.1, 0.15) is 0 Å². The van der Waals surface area contributed by atoms with Gasteiger partial charge in [0.15, 0.2) is 0 Å². The molecule has 0 spiro atoms. The Hall–Kier alpha value is -1.05. The maximum absolute atomic E-state index is 3.98. The van der Waals surface area contributed by atoms with Crippen LogP contribution in [0.2, 0.25) is 0 Å². The lowest BCUT2D eigenvalue weighted by Crippen LogP contribution is -1.74. The summed E-state index contributed by atoms with van der Waals surface area (Å²) in [5.41, 5.74) is 1.02. The molecule has 0 aromatic carbocycles. The number of imidazole rings is 1. The summed E-state index contributed by atoms with van der Waals surface area (Å²) in [4.78, 5) is 3.98. The van der Waals surface area contributed by atoms with Gasteiger partial charge in [0.25, 0.3) is 0 Å². The molecule has 0 fully saturated rings. The maximum atomic E-state index is 3.98. The van der Waals surface area contributed by atoms with Crippen LogP contribution in [0.4, 0.5) is 0 Å². The second-order valence-corrected chi connectivity index (χ2v) is 1.64. The third-order valence-corrected chi connectivity index (χ3v) is 0.941. The molecule has 1 heterocycles. The van der Waals surface area contributed by atoms with E-state index in [1.165, 1.54) is 0 Å². The molecule has 0 saturated carbocycles. The van der Waals surface area contributed by atoms with E-state index in [2.05, 4.69) is 11.6 Å². The molecule has 8 heavy (non-hydrogen) atoms. The standard InChI is InChI=1S/C6H8N2/c1-3-8-4-6(2)7-5-8/h3-5H,1H2,2H3. The van der Waals surface area contributed by atoms with E-state index in [1.54, 1.807) is 12.5 Å². The summed E-state index contributed by atoms with van der Waals surface area (Å²) in [5.74, 6) is 0. The molecule has 1 rings (SSSR count). The van der Waals surface area contributed by atoms with Crippen molar-refractivity contribution in [3.63, 3.8) is 0 Å². The third-order valence-electron chi connectivity index (χ3n) is 0.941. The lowest BCUT2D eigenvalue weighted by atomic mass is 10.6. The minimum Gasteiger partial charge on any atom is -0.313 e. The largest absolute Gasteiger partial charge is 0.313 e. The Morgan fingerprint density at radius 1 is 1.88 bits per heavy atom. The Labute approximate surface area is 48.5 Å². The molecule has 0 amide bonds. The molecule has 0 bridgehead atoms. The average Bonchev–Trinajstić information content (AvgIpc) is 2.14. The monoisotopic (exact) mass is 108 g/mol. The number of hydrogen-bond acceptors (Lipinski definition) is 1. The Morgan fingerprint density at radius 3 is 2.88 bits per heavy atom. The topological polar surface area (TPSA) is 17.8 Å². The van der Waals surface area contributed by atoms with Crippen molar-refractivity contribution in [1.82, 2.24) is 9.55 Å². The van der Waals surface area contributed by atoms with Gasteiger partial charge in [0.2, 0.25) is 0 Å². The molecule has 0 aliphatic carbocycles. The number of aromatic nitrogens is 2. The Kier molecular flexibility index (Phi) is 1.16. The van der Waals surface area contributed by atoms with Crippen LogP contribution in [0.15, 0.2) is 19.1 Å². The van der Waals surface area contributed by atoms with Crippen LogP contribution >= 0.6 is 0 Å². The van der Waals surface area contributed by atoms with E-state index in [0.717, 1.165) is 5.69 Å². The van der Waals surface area contributed by atoms with Crippen LogP contribution in [0.1, 0.15) is 5.69 Å². The molecule has 2 nitrogen and oxygen atoms in total. The zero-order valence-electron chi connectivity index (χ0n) is 4.83. The molecule has 42 valence electrons. The third kappa shape index (κ3) is 0.780. The van der Waals surface area contributed by atoms with E-state index in [1.807, 2.05) is 17.7 Å². The normalized spacial score (nSPS) is 9.12. The van der Waals surface area contributed by atoms with E-state index in [4.69, 9.17) is 0 Å². The lowest BCUT2D eigenvalue weighted by Gasteiger charge is -1.81. The minimum atomic E-state index is 1.02. The van der Waals surface area contributed by atoms with Crippen molar-refractivity contribution in [3.8, 4) is 0 Å². The summed E-state index contributed by atoms with van der Waals surface area (Å²) >= 11 is 0. The fourth-order valence-corrected chi connectivity index (χ4v) is 0.540. The molecule has 0 aliphatic heterocycles. The van der Waals surface area contributed by atoms with Crippen molar-refractivity contribution in [1.29, 1.82) is 0 Å². The van der Waals surface area contributed by atoms with Crippen LogP contribution in [0.5, 0.6) is 0 Å². The van der Waals surface area contributed by atoms with E-state index in [9.17, 15) is 0 Å². The van der Waals surface area contributed by atoms with Crippen LogP contribution in [0, 0.1) is 6.92 Å². The van der Waals surface area contributed by atoms with Crippen LogP contribution in [0.25, 0.3) is 6.20 Å². The minimum absolute atomic E-state index is 1.02. The quantitative estimate of drug-likeness (QED) is 0.530. The zero-order valence-corrected chi connectivity index (χ0v) is 4.83. The molecule has 0 saturated heterocycles. The summed E-state index contributed by atoms with van der Waals surface area (Å²) in [5, 5.41) is 0. The highest BCUT2D eigenvalue weighted by Crippen LogP contribution is 1.91. The van der Waals surface area contributed by atoms with E-state index in [-0.39, 0.29) is 0 Å².